The molecule has 1 aromatic carbocycles. The highest BCUT2D eigenvalue weighted by atomic mass is 32.2. The van der Waals surface area contributed by atoms with Crippen molar-refractivity contribution < 1.29 is 9.13 Å². The van der Waals surface area contributed by atoms with E-state index in [1.54, 1.807) is 6.07 Å². The second-order valence-electron chi connectivity index (χ2n) is 3.84. The molecule has 0 atom stereocenters. The van der Waals surface area contributed by atoms with Crippen LogP contribution >= 0.6 is 11.8 Å². The van der Waals surface area contributed by atoms with Gasteiger partial charge in [0.05, 0.1) is 17.1 Å². The zero-order chi connectivity index (χ0) is 12.4. The number of thioether (sulfide) groups is 1. The lowest BCUT2D eigenvalue weighted by Crippen LogP contribution is -2.08. The summed E-state index contributed by atoms with van der Waals surface area (Å²) in [5, 5.41) is 0.720. The molecule has 0 saturated carbocycles. The Balaban J connectivity index is 2.57. The molecular formula is C12H13FN2OS. The number of ether oxygens (including phenoxy) is 1. The molecule has 0 spiro atoms. The average Bonchev–Trinajstić information content (AvgIpc) is 2.27. The standard InChI is InChI=1S/C12H13FN2OS/c1-7(2)16-11-12(17-3)15-9-5-4-8(13)6-10(9)14-11/h4-7H,1-3H3. The highest BCUT2D eigenvalue weighted by Gasteiger charge is 2.11. The molecule has 0 N–H and O–H groups in total. The van der Waals surface area contributed by atoms with Crippen molar-refractivity contribution in [3.8, 4) is 5.88 Å². The number of fused-ring (bicyclic) bond motifs is 1. The summed E-state index contributed by atoms with van der Waals surface area (Å²) in [5.41, 5.74) is 1.19. The third kappa shape index (κ3) is 2.66. The van der Waals surface area contributed by atoms with Crippen LogP contribution in [0.4, 0.5) is 4.39 Å². The average molecular weight is 252 g/mol. The summed E-state index contributed by atoms with van der Waals surface area (Å²) in [6, 6.07) is 4.36. The van der Waals surface area contributed by atoms with Crippen molar-refractivity contribution in [2.24, 2.45) is 0 Å². The van der Waals surface area contributed by atoms with E-state index in [0.717, 1.165) is 5.03 Å². The smallest absolute Gasteiger partial charge is 0.247 e. The van der Waals surface area contributed by atoms with Gasteiger partial charge in [-0.2, -0.15) is 0 Å². The van der Waals surface area contributed by atoms with Crippen LogP contribution in [-0.2, 0) is 0 Å². The Hall–Kier alpha value is -1.36. The fraction of sp³-hybridized carbons (Fsp3) is 0.333. The zero-order valence-electron chi connectivity index (χ0n) is 9.90. The molecule has 2 rings (SSSR count). The predicted molar refractivity (Wildman–Crippen MR) is 67.0 cm³/mol. The molecule has 1 heterocycles. The van der Waals surface area contributed by atoms with Gasteiger partial charge in [0.2, 0.25) is 5.88 Å². The molecule has 5 heteroatoms. The molecule has 0 saturated heterocycles. The Morgan fingerprint density at radius 2 is 2.00 bits per heavy atom. The predicted octanol–water partition coefficient (Wildman–Crippen LogP) is 3.28. The minimum atomic E-state index is -0.320. The van der Waals surface area contributed by atoms with Crippen molar-refractivity contribution >= 4 is 22.8 Å². The third-order valence-corrected chi connectivity index (χ3v) is 2.76. The van der Waals surface area contributed by atoms with E-state index in [9.17, 15) is 4.39 Å². The number of rotatable bonds is 3. The molecule has 2 aromatic rings. The van der Waals surface area contributed by atoms with Crippen LogP contribution in [0.1, 0.15) is 13.8 Å². The largest absolute Gasteiger partial charge is 0.473 e. The fourth-order valence-corrected chi connectivity index (χ4v) is 1.89. The maximum atomic E-state index is 13.1. The van der Waals surface area contributed by atoms with Crippen molar-refractivity contribution in [3.05, 3.63) is 24.0 Å². The topological polar surface area (TPSA) is 35.0 Å². The van der Waals surface area contributed by atoms with E-state index >= 15 is 0 Å². The lowest BCUT2D eigenvalue weighted by atomic mass is 10.3. The van der Waals surface area contributed by atoms with Crippen LogP contribution in [0.5, 0.6) is 5.88 Å². The van der Waals surface area contributed by atoms with Crippen LogP contribution in [-0.4, -0.2) is 22.3 Å². The maximum absolute atomic E-state index is 13.1. The van der Waals surface area contributed by atoms with Gasteiger partial charge >= 0.3 is 0 Å². The zero-order valence-corrected chi connectivity index (χ0v) is 10.7. The van der Waals surface area contributed by atoms with Crippen molar-refractivity contribution in [3.63, 3.8) is 0 Å². The van der Waals surface area contributed by atoms with E-state index in [-0.39, 0.29) is 11.9 Å². The summed E-state index contributed by atoms with van der Waals surface area (Å²) in [5.74, 6) is 0.143. The van der Waals surface area contributed by atoms with E-state index in [1.807, 2.05) is 20.1 Å². The highest BCUT2D eigenvalue weighted by Crippen LogP contribution is 2.27. The van der Waals surface area contributed by atoms with E-state index in [2.05, 4.69) is 9.97 Å². The number of hydrogen-bond donors (Lipinski definition) is 0. The second kappa shape index (κ2) is 4.87. The number of hydrogen-bond acceptors (Lipinski definition) is 4. The van der Waals surface area contributed by atoms with Gasteiger partial charge in [-0.1, -0.05) is 0 Å². The Kier molecular flexibility index (Phi) is 3.47. The van der Waals surface area contributed by atoms with Gasteiger partial charge in [0.25, 0.3) is 0 Å². The summed E-state index contributed by atoms with van der Waals surface area (Å²) in [4.78, 5) is 8.70. The first kappa shape index (κ1) is 12.1. The quantitative estimate of drug-likeness (QED) is 0.785. The van der Waals surface area contributed by atoms with Gasteiger partial charge in [0.1, 0.15) is 5.82 Å². The number of benzene rings is 1. The molecule has 0 aliphatic heterocycles. The summed E-state index contributed by atoms with van der Waals surface area (Å²) < 4.78 is 18.7. The van der Waals surface area contributed by atoms with Crippen molar-refractivity contribution in [2.45, 2.75) is 25.0 Å². The number of aromatic nitrogens is 2. The van der Waals surface area contributed by atoms with Gasteiger partial charge in [-0.05, 0) is 32.2 Å². The first-order chi connectivity index (χ1) is 8.10. The first-order valence-electron chi connectivity index (χ1n) is 5.28. The van der Waals surface area contributed by atoms with Crippen LogP contribution < -0.4 is 4.74 Å². The van der Waals surface area contributed by atoms with E-state index in [1.165, 1.54) is 23.9 Å². The maximum Gasteiger partial charge on any atom is 0.247 e. The SMILES string of the molecule is CSc1nc2ccc(F)cc2nc1OC(C)C. The molecule has 0 fully saturated rings. The molecule has 0 amide bonds. The molecule has 1 aromatic heterocycles. The Morgan fingerprint density at radius 1 is 1.24 bits per heavy atom. The van der Waals surface area contributed by atoms with Gasteiger partial charge in [-0.25, -0.2) is 14.4 Å². The minimum absolute atomic E-state index is 0.0150. The lowest BCUT2D eigenvalue weighted by Gasteiger charge is -2.12. The Morgan fingerprint density at radius 3 is 2.65 bits per heavy atom. The molecule has 0 bridgehead atoms. The summed E-state index contributed by atoms with van der Waals surface area (Å²) in [6.45, 7) is 3.84. The Labute approximate surface area is 103 Å². The normalized spacial score (nSPS) is 11.1. The molecule has 0 unspecified atom stereocenters. The Bertz CT molecular complexity index is 545. The molecule has 0 aliphatic carbocycles. The second-order valence-corrected chi connectivity index (χ2v) is 4.63. The van der Waals surface area contributed by atoms with Crippen LogP contribution in [0.15, 0.2) is 23.2 Å². The highest BCUT2D eigenvalue weighted by molar-refractivity contribution is 7.98. The first-order valence-corrected chi connectivity index (χ1v) is 6.50. The fourth-order valence-electron chi connectivity index (χ4n) is 1.43. The van der Waals surface area contributed by atoms with Crippen LogP contribution in [0.2, 0.25) is 0 Å². The van der Waals surface area contributed by atoms with Crippen LogP contribution in [0.3, 0.4) is 0 Å². The van der Waals surface area contributed by atoms with Gasteiger partial charge < -0.3 is 4.74 Å². The van der Waals surface area contributed by atoms with E-state index < -0.39 is 0 Å². The molecule has 0 aliphatic rings. The van der Waals surface area contributed by atoms with Gasteiger partial charge in [-0.3, -0.25) is 0 Å². The number of nitrogens with zero attached hydrogens (tertiary/aromatic N) is 2. The van der Waals surface area contributed by atoms with Gasteiger partial charge in [0.15, 0.2) is 5.03 Å². The van der Waals surface area contributed by atoms with E-state index in [0.29, 0.717) is 16.9 Å². The van der Waals surface area contributed by atoms with Crippen molar-refractivity contribution in [1.29, 1.82) is 0 Å². The molecule has 90 valence electrons. The third-order valence-electron chi connectivity index (χ3n) is 2.11. The monoisotopic (exact) mass is 252 g/mol. The molecular weight excluding hydrogens is 239 g/mol. The lowest BCUT2D eigenvalue weighted by molar-refractivity contribution is 0.225. The molecule has 3 nitrogen and oxygen atoms in total. The van der Waals surface area contributed by atoms with Gasteiger partial charge in [-0.15, -0.1) is 11.8 Å². The van der Waals surface area contributed by atoms with Crippen molar-refractivity contribution in [1.82, 2.24) is 9.97 Å². The molecule has 0 radical (unpaired) electrons. The van der Waals surface area contributed by atoms with Crippen LogP contribution in [0.25, 0.3) is 11.0 Å². The van der Waals surface area contributed by atoms with Crippen LogP contribution in [0, 0.1) is 5.82 Å². The number of halogens is 1. The minimum Gasteiger partial charge on any atom is -0.473 e. The molecule has 17 heavy (non-hydrogen) atoms. The summed E-state index contributed by atoms with van der Waals surface area (Å²) >= 11 is 1.46. The van der Waals surface area contributed by atoms with E-state index in [4.69, 9.17) is 4.74 Å². The summed E-state index contributed by atoms with van der Waals surface area (Å²) in [6.07, 6.45) is 1.92. The van der Waals surface area contributed by atoms with Gasteiger partial charge in [0, 0.05) is 6.07 Å². The summed E-state index contributed by atoms with van der Waals surface area (Å²) in [7, 11) is 0. The van der Waals surface area contributed by atoms with Crippen molar-refractivity contribution in [2.75, 3.05) is 6.26 Å².